The van der Waals surface area contributed by atoms with E-state index in [0.29, 0.717) is 17.4 Å². The monoisotopic (exact) mass is 310 g/mol. The van der Waals surface area contributed by atoms with Crippen LogP contribution in [0.3, 0.4) is 0 Å². The molecule has 1 aromatic rings. The van der Waals surface area contributed by atoms with Crippen molar-refractivity contribution >= 4 is 10.0 Å². The van der Waals surface area contributed by atoms with Crippen LogP contribution in [0.4, 0.5) is 0 Å². The van der Waals surface area contributed by atoms with E-state index in [-0.39, 0.29) is 6.04 Å². The van der Waals surface area contributed by atoms with E-state index in [0.717, 1.165) is 24.1 Å². The van der Waals surface area contributed by atoms with E-state index < -0.39 is 10.0 Å². The Morgan fingerprint density at radius 1 is 1.33 bits per heavy atom. The van der Waals surface area contributed by atoms with Gasteiger partial charge in [0.2, 0.25) is 10.0 Å². The number of rotatable bonds is 8. The largest absolute Gasteiger partial charge is 0.313 e. The highest BCUT2D eigenvalue weighted by Crippen LogP contribution is 2.33. The Kier molecular flexibility index (Phi) is 5.41. The predicted molar refractivity (Wildman–Crippen MR) is 85.7 cm³/mol. The molecule has 21 heavy (non-hydrogen) atoms. The summed E-state index contributed by atoms with van der Waals surface area (Å²) in [5, 5.41) is 3.22. The molecule has 0 saturated heterocycles. The molecule has 1 aromatic carbocycles. The highest BCUT2D eigenvalue weighted by molar-refractivity contribution is 7.89. The maximum atomic E-state index is 12.6. The topological polar surface area (TPSA) is 58.2 Å². The van der Waals surface area contributed by atoms with Crippen molar-refractivity contribution < 1.29 is 8.42 Å². The van der Waals surface area contributed by atoms with Crippen LogP contribution in [0.25, 0.3) is 0 Å². The summed E-state index contributed by atoms with van der Waals surface area (Å²) in [5.74, 6) is 0.712. The minimum absolute atomic E-state index is 0.000627. The molecule has 2 N–H and O–H groups in total. The summed E-state index contributed by atoms with van der Waals surface area (Å²) in [6, 6.07) is 5.64. The molecule has 4 nitrogen and oxygen atoms in total. The third kappa shape index (κ3) is 4.80. The second-order valence-electron chi connectivity index (χ2n) is 6.08. The molecule has 0 heterocycles. The van der Waals surface area contributed by atoms with Gasteiger partial charge in [-0.1, -0.05) is 31.9 Å². The first-order valence-electron chi connectivity index (χ1n) is 7.75. The zero-order valence-electron chi connectivity index (χ0n) is 13.1. The normalized spacial score (nSPS) is 16.9. The SMILES string of the molecule is CCNCc1ccc(C)c(S(=O)(=O)NC(C)CC2CC2)c1. The average Bonchev–Trinajstić information content (AvgIpc) is 3.20. The maximum absolute atomic E-state index is 12.6. The number of hydrogen-bond acceptors (Lipinski definition) is 3. The van der Waals surface area contributed by atoms with E-state index in [1.165, 1.54) is 12.8 Å². The lowest BCUT2D eigenvalue weighted by atomic mass is 10.1. The molecule has 1 saturated carbocycles. The summed E-state index contributed by atoms with van der Waals surface area (Å²) >= 11 is 0. The highest BCUT2D eigenvalue weighted by Gasteiger charge is 2.26. The first-order valence-corrected chi connectivity index (χ1v) is 9.23. The lowest BCUT2D eigenvalue weighted by molar-refractivity contribution is 0.529. The minimum atomic E-state index is -3.43. The zero-order valence-corrected chi connectivity index (χ0v) is 14.0. The van der Waals surface area contributed by atoms with Crippen LogP contribution in [0.2, 0.25) is 0 Å². The van der Waals surface area contributed by atoms with Crippen LogP contribution in [0, 0.1) is 12.8 Å². The molecular weight excluding hydrogens is 284 g/mol. The van der Waals surface area contributed by atoms with Gasteiger partial charge in [-0.05, 0) is 49.9 Å². The summed E-state index contributed by atoms with van der Waals surface area (Å²) in [6.45, 7) is 7.39. The maximum Gasteiger partial charge on any atom is 0.241 e. The minimum Gasteiger partial charge on any atom is -0.313 e. The summed E-state index contributed by atoms with van der Waals surface area (Å²) < 4.78 is 27.9. The fraction of sp³-hybridized carbons (Fsp3) is 0.625. The van der Waals surface area contributed by atoms with Gasteiger partial charge in [0.15, 0.2) is 0 Å². The van der Waals surface area contributed by atoms with E-state index >= 15 is 0 Å². The fourth-order valence-electron chi connectivity index (χ4n) is 2.54. The van der Waals surface area contributed by atoms with Crippen LogP contribution >= 0.6 is 0 Å². The molecule has 0 aromatic heterocycles. The molecule has 1 unspecified atom stereocenters. The van der Waals surface area contributed by atoms with Crippen molar-refractivity contribution in [3.8, 4) is 0 Å². The first-order chi connectivity index (χ1) is 9.92. The number of benzene rings is 1. The lowest BCUT2D eigenvalue weighted by Gasteiger charge is -2.16. The fourth-order valence-corrected chi connectivity index (χ4v) is 4.09. The van der Waals surface area contributed by atoms with E-state index in [1.807, 2.05) is 32.9 Å². The third-order valence-electron chi connectivity index (χ3n) is 3.86. The average molecular weight is 310 g/mol. The second kappa shape index (κ2) is 6.90. The molecular formula is C16H26N2O2S. The van der Waals surface area contributed by atoms with Crippen LogP contribution in [0.15, 0.2) is 23.1 Å². The molecule has 1 aliphatic rings. The van der Waals surface area contributed by atoms with E-state index in [9.17, 15) is 8.42 Å². The van der Waals surface area contributed by atoms with Gasteiger partial charge in [-0.3, -0.25) is 0 Å². The Hall–Kier alpha value is -0.910. The molecule has 2 rings (SSSR count). The molecule has 118 valence electrons. The Bertz CT molecular complexity index is 580. The van der Waals surface area contributed by atoms with Gasteiger partial charge in [0.05, 0.1) is 4.90 Å². The van der Waals surface area contributed by atoms with Crippen LogP contribution in [-0.4, -0.2) is 21.0 Å². The standard InChI is InChI=1S/C16H26N2O2S/c1-4-17-11-15-6-5-12(2)16(10-15)21(19,20)18-13(3)9-14-7-8-14/h5-6,10,13-14,17-18H,4,7-9,11H2,1-3H3. The molecule has 5 heteroatoms. The molecule has 0 bridgehead atoms. The summed E-state index contributed by atoms with van der Waals surface area (Å²) in [6.07, 6.45) is 3.42. The smallest absolute Gasteiger partial charge is 0.241 e. The Balaban J connectivity index is 2.13. The number of sulfonamides is 1. The highest BCUT2D eigenvalue weighted by atomic mass is 32.2. The van der Waals surface area contributed by atoms with Crippen molar-refractivity contribution in [2.24, 2.45) is 5.92 Å². The van der Waals surface area contributed by atoms with Gasteiger partial charge in [-0.2, -0.15) is 0 Å². The van der Waals surface area contributed by atoms with Crippen molar-refractivity contribution in [1.29, 1.82) is 0 Å². The van der Waals surface area contributed by atoms with Gasteiger partial charge in [0.25, 0.3) is 0 Å². The van der Waals surface area contributed by atoms with Crippen LogP contribution < -0.4 is 10.0 Å². The molecule has 0 aliphatic heterocycles. The van der Waals surface area contributed by atoms with Crippen molar-refractivity contribution in [2.45, 2.75) is 57.5 Å². The van der Waals surface area contributed by atoms with Crippen LogP contribution in [0.5, 0.6) is 0 Å². The van der Waals surface area contributed by atoms with Crippen molar-refractivity contribution in [3.63, 3.8) is 0 Å². The van der Waals surface area contributed by atoms with E-state index in [4.69, 9.17) is 0 Å². The first kappa shape index (κ1) is 16.5. The molecule has 0 radical (unpaired) electrons. The van der Waals surface area contributed by atoms with E-state index in [1.54, 1.807) is 6.07 Å². The molecule has 0 spiro atoms. The van der Waals surface area contributed by atoms with E-state index in [2.05, 4.69) is 10.0 Å². The van der Waals surface area contributed by atoms with Gasteiger partial charge in [0.1, 0.15) is 0 Å². The number of hydrogen-bond donors (Lipinski definition) is 2. The number of aryl methyl sites for hydroxylation is 1. The van der Waals surface area contributed by atoms with Gasteiger partial charge in [-0.25, -0.2) is 13.1 Å². The summed E-state index contributed by atoms with van der Waals surface area (Å²) in [7, 11) is -3.43. The Morgan fingerprint density at radius 2 is 2.05 bits per heavy atom. The summed E-state index contributed by atoms with van der Waals surface area (Å²) in [4.78, 5) is 0.403. The Morgan fingerprint density at radius 3 is 2.67 bits per heavy atom. The zero-order chi connectivity index (χ0) is 15.5. The predicted octanol–water partition coefficient (Wildman–Crippen LogP) is 2.57. The molecule has 0 amide bonds. The van der Waals surface area contributed by atoms with Gasteiger partial charge in [-0.15, -0.1) is 0 Å². The van der Waals surface area contributed by atoms with Crippen molar-refractivity contribution in [1.82, 2.24) is 10.0 Å². The Labute approximate surface area is 128 Å². The van der Waals surface area contributed by atoms with Crippen LogP contribution in [0.1, 0.15) is 44.2 Å². The van der Waals surface area contributed by atoms with Crippen molar-refractivity contribution in [3.05, 3.63) is 29.3 Å². The van der Waals surface area contributed by atoms with Gasteiger partial charge >= 0.3 is 0 Å². The lowest BCUT2D eigenvalue weighted by Crippen LogP contribution is -2.33. The quantitative estimate of drug-likeness (QED) is 0.776. The van der Waals surface area contributed by atoms with Gasteiger partial charge in [0, 0.05) is 12.6 Å². The molecule has 1 atom stereocenters. The van der Waals surface area contributed by atoms with Crippen molar-refractivity contribution in [2.75, 3.05) is 6.54 Å². The van der Waals surface area contributed by atoms with Crippen LogP contribution in [-0.2, 0) is 16.6 Å². The molecule has 1 aliphatic carbocycles. The van der Waals surface area contributed by atoms with Gasteiger partial charge < -0.3 is 5.32 Å². The number of nitrogens with one attached hydrogen (secondary N) is 2. The summed E-state index contributed by atoms with van der Waals surface area (Å²) in [5.41, 5.74) is 1.79. The molecule has 1 fully saturated rings. The third-order valence-corrected chi connectivity index (χ3v) is 5.59. The second-order valence-corrected chi connectivity index (χ2v) is 7.76.